The van der Waals surface area contributed by atoms with E-state index in [0.29, 0.717) is 6.42 Å². The van der Waals surface area contributed by atoms with Crippen molar-refractivity contribution in [3.63, 3.8) is 0 Å². The third-order valence-electron chi connectivity index (χ3n) is 2.49. The molecule has 8 heteroatoms. The van der Waals surface area contributed by atoms with E-state index in [0.717, 1.165) is 11.0 Å². The summed E-state index contributed by atoms with van der Waals surface area (Å²) >= 11 is 5.74. The van der Waals surface area contributed by atoms with E-state index in [-0.39, 0.29) is 17.1 Å². The summed E-state index contributed by atoms with van der Waals surface area (Å²) in [4.78, 5) is 34.3. The summed E-state index contributed by atoms with van der Waals surface area (Å²) in [6, 6.07) is 3.60. The summed E-state index contributed by atoms with van der Waals surface area (Å²) in [6.07, 6.45) is 0.535. The third kappa shape index (κ3) is 3.92. The minimum Gasteiger partial charge on any atom is -0.480 e. The Morgan fingerprint density at radius 3 is 2.60 bits per heavy atom. The Kier molecular flexibility index (Phi) is 5.45. The second kappa shape index (κ2) is 6.85. The van der Waals surface area contributed by atoms with Crippen LogP contribution < -0.4 is 0 Å². The molecule has 0 spiro atoms. The maximum absolute atomic E-state index is 12.2. The van der Waals surface area contributed by atoms with Gasteiger partial charge in [0, 0.05) is 17.6 Å². The summed E-state index contributed by atoms with van der Waals surface area (Å²) in [5.74, 6) is -1.90. The smallest absolute Gasteiger partial charge is 0.323 e. The first kappa shape index (κ1) is 15.9. The van der Waals surface area contributed by atoms with Crippen LogP contribution in [0, 0.1) is 10.1 Å². The van der Waals surface area contributed by atoms with Crippen molar-refractivity contribution in [1.82, 2.24) is 4.90 Å². The van der Waals surface area contributed by atoms with Gasteiger partial charge in [0.05, 0.1) is 4.92 Å². The van der Waals surface area contributed by atoms with Crippen LogP contribution in [0.2, 0.25) is 5.02 Å². The molecule has 1 N–H and O–H groups in total. The van der Waals surface area contributed by atoms with E-state index in [2.05, 4.69) is 0 Å². The first-order chi connectivity index (χ1) is 9.36. The Morgan fingerprint density at radius 2 is 2.10 bits per heavy atom. The molecule has 0 aliphatic carbocycles. The van der Waals surface area contributed by atoms with Gasteiger partial charge in [0.25, 0.3) is 11.6 Å². The first-order valence-electron chi connectivity index (χ1n) is 5.81. The molecule has 0 saturated carbocycles. The fourth-order valence-electron chi connectivity index (χ4n) is 1.69. The largest absolute Gasteiger partial charge is 0.480 e. The van der Waals surface area contributed by atoms with Gasteiger partial charge in [-0.15, -0.1) is 0 Å². The van der Waals surface area contributed by atoms with Gasteiger partial charge in [-0.05, 0) is 18.6 Å². The Morgan fingerprint density at radius 1 is 1.45 bits per heavy atom. The molecule has 0 unspecified atom stereocenters. The molecule has 0 fully saturated rings. The molecule has 0 saturated heterocycles. The highest BCUT2D eigenvalue weighted by Crippen LogP contribution is 2.24. The first-order valence-corrected chi connectivity index (χ1v) is 6.19. The van der Waals surface area contributed by atoms with Crippen LogP contribution in [0.5, 0.6) is 0 Å². The summed E-state index contributed by atoms with van der Waals surface area (Å²) < 4.78 is 0. The molecule has 0 aliphatic heterocycles. The van der Waals surface area contributed by atoms with Crippen LogP contribution in [-0.4, -0.2) is 39.9 Å². The van der Waals surface area contributed by atoms with E-state index in [9.17, 15) is 19.7 Å². The molecule has 0 radical (unpaired) electrons. The predicted molar refractivity (Wildman–Crippen MR) is 71.9 cm³/mol. The number of nitro groups is 1. The molecule has 20 heavy (non-hydrogen) atoms. The van der Waals surface area contributed by atoms with E-state index in [1.54, 1.807) is 6.92 Å². The average Bonchev–Trinajstić information content (AvgIpc) is 2.36. The van der Waals surface area contributed by atoms with Crippen LogP contribution in [-0.2, 0) is 4.79 Å². The maximum atomic E-state index is 12.2. The number of amides is 1. The fourth-order valence-corrected chi connectivity index (χ4v) is 1.87. The van der Waals surface area contributed by atoms with Gasteiger partial charge < -0.3 is 10.0 Å². The minimum atomic E-state index is -1.18. The van der Waals surface area contributed by atoms with Crippen molar-refractivity contribution in [2.75, 3.05) is 13.1 Å². The Balaban J connectivity index is 3.19. The van der Waals surface area contributed by atoms with Gasteiger partial charge in [0.15, 0.2) is 0 Å². The number of rotatable bonds is 6. The fraction of sp³-hybridized carbons (Fsp3) is 0.333. The number of aliphatic carboxylic acids is 1. The number of nitro benzene ring substituents is 1. The molecule has 1 rings (SSSR count). The van der Waals surface area contributed by atoms with Crippen molar-refractivity contribution in [2.24, 2.45) is 0 Å². The summed E-state index contributed by atoms with van der Waals surface area (Å²) in [7, 11) is 0. The summed E-state index contributed by atoms with van der Waals surface area (Å²) in [6.45, 7) is 1.44. The maximum Gasteiger partial charge on any atom is 0.323 e. The SMILES string of the molecule is CCCN(CC(=O)O)C(=O)c1cc(Cl)ccc1[N+](=O)[O-]. The lowest BCUT2D eigenvalue weighted by atomic mass is 10.1. The molecule has 0 bridgehead atoms. The van der Waals surface area contributed by atoms with Gasteiger partial charge in [0.2, 0.25) is 0 Å². The van der Waals surface area contributed by atoms with E-state index in [1.807, 2.05) is 0 Å². The predicted octanol–water partition coefficient (Wildman–Crippen LogP) is 2.18. The van der Waals surface area contributed by atoms with Gasteiger partial charge in [0.1, 0.15) is 12.1 Å². The highest BCUT2D eigenvalue weighted by atomic mass is 35.5. The number of hydrogen-bond acceptors (Lipinski definition) is 4. The number of benzene rings is 1. The van der Waals surface area contributed by atoms with Gasteiger partial charge in [-0.25, -0.2) is 0 Å². The summed E-state index contributed by atoms with van der Waals surface area (Å²) in [5, 5.41) is 19.9. The monoisotopic (exact) mass is 300 g/mol. The molecule has 0 heterocycles. The Hall–Kier alpha value is -2.15. The van der Waals surface area contributed by atoms with Crippen molar-refractivity contribution in [3.05, 3.63) is 38.9 Å². The van der Waals surface area contributed by atoms with Crippen molar-refractivity contribution in [3.8, 4) is 0 Å². The molecule has 1 amide bonds. The molecule has 1 aromatic rings. The zero-order valence-corrected chi connectivity index (χ0v) is 11.5. The Bertz CT molecular complexity index is 547. The second-order valence-electron chi connectivity index (χ2n) is 4.04. The molecule has 0 atom stereocenters. The molecular weight excluding hydrogens is 288 g/mol. The van der Waals surface area contributed by atoms with E-state index in [1.165, 1.54) is 12.1 Å². The van der Waals surface area contributed by atoms with Crippen molar-refractivity contribution >= 4 is 29.2 Å². The molecule has 7 nitrogen and oxygen atoms in total. The highest BCUT2D eigenvalue weighted by Gasteiger charge is 2.25. The molecule has 108 valence electrons. The minimum absolute atomic E-state index is 0.172. The van der Waals surface area contributed by atoms with Crippen LogP contribution in [0.3, 0.4) is 0 Å². The molecular formula is C12H13ClN2O5. The number of hydrogen-bond donors (Lipinski definition) is 1. The van der Waals surface area contributed by atoms with Crippen LogP contribution in [0.15, 0.2) is 18.2 Å². The third-order valence-corrected chi connectivity index (χ3v) is 2.73. The molecule has 0 aliphatic rings. The normalized spacial score (nSPS) is 10.1. The standard InChI is InChI=1S/C12H13ClN2O5/c1-2-5-14(7-11(16)17)12(18)9-6-8(13)3-4-10(9)15(19)20/h3-4,6H,2,5,7H2,1H3,(H,16,17). The Labute approximate surface area is 119 Å². The molecule has 0 aromatic heterocycles. The zero-order valence-electron chi connectivity index (χ0n) is 10.7. The number of nitrogens with zero attached hydrogens (tertiary/aromatic N) is 2. The quantitative estimate of drug-likeness (QED) is 0.641. The average molecular weight is 301 g/mol. The number of halogens is 1. The second-order valence-corrected chi connectivity index (χ2v) is 4.48. The lowest BCUT2D eigenvalue weighted by Gasteiger charge is -2.19. The van der Waals surface area contributed by atoms with E-state index >= 15 is 0 Å². The van der Waals surface area contributed by atoms with Gasteiger partial charge in [-0.3, -0.25) is 19.7 Å². The van der Waals surface area contributed by atoms with Crippen LogP contribution in [0.1, 0.15) is 23.7 Å². The van der Waals surface area contributed by atoms with E-state index in [4.69, 9.17) is 16.7 Å². The lowest BCUT2D eigenvalue weighted by molar-refractivity contribution is -0.385. The van der Waals surface area contributed by atoms with Crippen LogP contribution in [0.4, 0.5) is 5.69 Å². The van der Waals surface area contributed by atoms with Crippen molar-refractivity contribution < 1.29 is 19.6 Å². The topological polar surface area (TPSA) is 101 Å². The van der Waals surface area contributed by atoms with Gasteiger partial charge >= 0.3 is 5.97 Å². The lowest BCUT2D eigenvalue weighted by Crippen LogP contribution is -2.36. The van der Waals surface area contributed by atoms with Crippen molar-refractivity contribution in [1.29, 1.82) is 0 Å². The van der Waals surface area contributed by atoms with Gasteiger partial charge in [-0.2, -0.15) is 0 Å². The summed E-state index contributed by atoms with van der Waals surface area (Å²) in [5.41, 5.74) is -0.608. The van der Waals surface area contributed by atoms with E-state index < -0.39 is 29.0 Å². The number of carbonyl (C=O) groups is 2. The number of carboxylic acid groups (broad SMARTS) is 1. The molecule has 1 aromatic carbocycles. The highest BCUT2D eigenvalue weighted by molar-refractivity contribution is 6.31. The number of carboxylic acids is 1. The number of carbonyl (C=O) groups excluding carboxylic acids is 1. The van der Waals surface area contributed by atoms with Gasteiger partial charge in [-0.1, -0.05) is 18.5 Å². The van der Waals surface area contributed by atoms with Crippen molar-refractivity contribution in [2.45, 2.75) is 13.3 Å². The zero-order chi connectivity index (χ0) is 15.3. The van der Waals surface area contributed by atoms with Crippen LogP contribution in [0.25, 0.3) is 0 Å². The van der Waals surface area contributed by atoms with Crippen LogP contribution >= 0.6 is 11.6 Å².